The first kappa shape index (κ1) is 13.5. The SMILES string of the molecule is CCCCC(C(=O)OCC)C(C)(C)C. The number of carbonyl (C=O) groups excluding carboxylic acids is 1. The van der Waals surface area contributed by atoms with Crippen molar-refractivity contribution in [3.05, 3.63) is 0 Å². The van der Waals surface area contributed by atoms with Crippen LogP contribution in [0.5, 0.6) is 0 Å². The van der Waals surface area contributed by atoms with Crippen LogP contribution < -0.4 is 0 Å². The van der Waals surface area contributed by atoms with Gasteiger partial charge in [-0.2, -0.15) is 0 Å². The standard InChI is InChI=1S/C12H24O2/c1-6-8-9-10(12(3,4)5)11(13)14-7-2/h10H,6-9H2,1-5H3. The normalized spacial score (nSPS) is 13.8. The minimum atomic E-state index is -0.0338. The Balaban J connectivity index is 4.31. The molecule has 0 bridgehead atoms. The maximum absolute atomic E-state index is 11.7. The lowest BCUT2D eigenvalue weighted by Crippen LogP contribution is -2.30. The van der Waals surface area contributed by atoms with Gasteiger partial charge < -0.3 is 4.74 Å². The van der Waals surface area contributed by atoms with E-state index in [0.29, 0.717) is 6.61 Å². The van der Waals surface area contributed by atoms with Crippen molar-refractivity contribution in [1.29, 1.82) is 0 Å². The Morgan fingerprint density at radius 3 is 2.21 bits per heavy atom. The largest absolute Gasteiger partial charge is 0.466 e. The average Bonchev–Trinajstić information content (AvgIpc) is 2.03. The van der Waals surface area contributed by atoms with Crippen LogP contribution in [0.2, 0.25) is 0 Å². The van der Waals surface area contributed by atoms with Crippen molar-refractivity contribution in [3.8, 4) is 0 Å². The molecule has 14 heavy (non-hydrogen) atoms. The lowest BCUT2D eigenvalue weighted by molar-refractivity contribution is -0.152. The van der Waals surface area contributed by atoms with E-state index in [1.807, 2.05) is 6.92 Å². The summed E-state index contributed by atoms with van der Waals surface area (Å²) in [4.78, 5) is 11.7. The summed E-state index contributed by atoms with van der Waals surface area (Å²) in [5.74, 6) is 0.0100. The van der Waals surface area contributed by atoms with Gasteiger partial charge in [0.25, 0.3) is 0 Å². The maximum Gasteiger partial charge on any atom is 0.309 e. The average molecular weight is 200 g/mol. The highest BCUT2D eigenvalue weighted by Gasteiger charge is 2.31. The second kappa shape index (κ2) is 6.05. The van der Waals surface area contributed by atoms with Crippen LogP contribution in [0.1, 0.15) is 53.9 Å². The third-order valence-electron chi connectivity index (χ3n) is 2.46. The van der Waals surface area contributed by atoms with Crippen LogP contribution in [0.25, 0.3) is 0 Å². The molecule has 0 N–H and O–H groups in total. The summed E-state index contributed by atoms with van der Waals surface area (Å²) in [5.41, 5.74) is 0.0153. The van der Waals surface area contributed by atoms with Crippen LogP contribution in [0.15, 0.2) is 0 Å². The molecule has 0 heterocycles. The maximum atomic E-state index is 11.7. The van der Waals surface area contributed by atoms with Gasteiger partial charge in [0.2, 0.25) is 0 Å². The van der Waals surface area contributed by atoms with Crippen LogP contribution in [0, 0.1) is 11.3 Å². The topological polar surface area (TPSA) is 26.3 Å². The van der Waals surface area contributed by atoms with Crippen LogP contribution in [0.4, 0.5) is 0 Å². The fraction of sp³-hybridized carbons (Fsp3) is 0.917. The van der Waals surface area contributed by atoms with E-state index in [9.17, 15) is 4.79 Å². The molecule has 0 saturated carbocycles. The van der Waals surface area contributed by atoms with Gasteiger partial charge in [-0.3, -0.25) is 4.79 Å². The Hall–Kier alpha value is -0.530. The highest BCUT2D eigenvalue weighted by Crippen LogP contribution is 2.31. The van der Waals surface area contributed by atoms with Crippen molar-refractivity contribution in [2.24, 2.45) is 11.3 Å². The molecule has 0 aromatic heterocycles. The highest BCUT2D eigenvalue weighted by molar-refractivity contribution is 5.73. The van der Waals surface area contributed by atoms with Crippen LogP contribution >= 0.6 is 0 Å². The first-order valence-corrected chi connectivity index (χ1v) is 5.60. The molecule has 0 fully saturated rings. The van der Waals surface area contributed by atoms with Gasteiger partial charge in [-0.05, 0) is 18.8 Å². The minimum absolute atomic E-state index is 0.0153. The fourth-order valence-electron chi connectivity index (χ4n) is 1.56. The van der Waals surface area contributed by atoms with E-state index in [2.05, 4.69) is 27.7 Å². The van der Waals surface area contributed by atoms with Crippen molar-refractivity contribution < 1.29 is 9.53 Å². The number of ether oxygens (including phenoxy) is 1. The molecule has 0 aliphatic heterocycles. The molecule has 0 aliphatic carbocycles. The monoisotopic (exact) mass is 200 g/mol. The molecular formula is C12H24O2. The first-order chi connectivity index (χ1) is 6.43. The van der Waals surface area contributed by atoms with E-state index in [1.165, 1.54) is 0 Å². The molecule has 84 valence electrons. The summed E-state index contributed by atoms with van der Waals surface area (Å²) < 4.78 is 5.09. The molecule has 0 saturated heterocycles. The van der Waals surface area contributed by atoms with Gasteiger partial charge >= 0.3 is 5.97 Å². The van der Waals surface area contributed by atoms with Crippen LogP contribution in [-0.4, -0.2) is 12.6 Å². The van der Waals surface area contributed by atoms with E-state index in [4.69, 9.17) is 4.74 Å². The van der Waals surface area contributed by atoms with Crippen molar-refractivity contribution in [2.45, 2.75) is 53.9 Å². The van der Waals surface area contributed by atoms with Gasteiger partial charge in [0.1, 0.15) is 0 Å². The Morgan fingerprint density at radius 2 is 1.86 bits per heavy atom. The molecule has 0 amide bonds. The van der Waals surface area contributed by atoms with Crippen molar-refractivity contribution in [3.63, 3.8) is 0 Å². The second-order valence-electron chi connectivity index (χ2n) is 4.81. The molecule has 1 unspecified atom stereocenters. The van der Waals surface area contributed by atoms with Gasteiger partial charge in [0, 0.05) is 0 Å². The lowest BCUT2D eigenvalue weighted by Gasteiger charge is -2.28. The smallest absolute Gasteiger partial charge is 0.309 e. The zero-order valence-electron chi connectivity index (χ0n) is 10.2. The molecule has 0 rings (SSSR count). The summed E-state index contributed by atoms with van der Waals surface area (Å²) in [6.45, 7) is 10.8. The molecule has 0 aromatic carbocycles. The van der Waals surface area contributed by atoms with Gasteiger partial charge in [-0.1, -0.05) is 40.5 Å². The molecule has 0 aliphatic rings. The van der Waals surface area contributed by atoms with Crippen molar-refractivity contribution in [2.75, 3.05) is 6.61 Å². The van der Waals surface area contributed by atoms with Crippen LogP contribution in [0.3, 0.4) is 0 Å². The molecular weight excluding hydrogens is 176 g/mol. The Bertz CT molecular complexity index is 168. The minimum Gasteiger partial charge on any atom is -0.466 e. The predicted octanol–water partition coefficient (Wildman–Crippen LogP) is 3.40. The zero-order chi connectivity index (χ0) is 11.2. The number of esters is 1. The summed E-state index contributed by atoms with van der Waals surface area (Å²) in [7, 11) is 0. The number of hydrogen-bond acceptors (Lipinski definition) is 2. The summed E-state index contributed by atoms with van der Waals surface area (Å²) in [6, 6.07) is 0. The van der Waals surface area contributed by atoms with E-state index in [1.54, 1.807) is 0 Å². The third kappa shape index (κ3) is 4.64. The molecule has 0 radical (unpaired) electrons. The molecule has 0 aromatic rings. The molecule has 2 heteroatoms. The van der Waals surface area contributed by atoms with Crippen LogP contribution in [-0.2, 0) is 9.53 Å². The molecule has 2 nitrogen and oxygen atoms in total. The van der Waals surface area contributed by atoms with E-state index in [0.717, 1.165) is 19.3 Å². The third-order valence-corrected chi connectivity index (χ3v) is 2.46. The van der Waals surface area contributed by atoms with Gasteiger partial charge in [-0.25, -0.2) is 0 Å². The van der Waals surface area contributed by atoms with Gasteiger partial charge in [0.15, 0.2) is 0 Å². The Labute approximate surface area is 88.0 Å². The lowest BCUT2D eigenvalue weighted by atomic mass is 9.78. The summed E-state index contributed by atoms with van der Waals surface area (Å²) >= 11 is 0. The molecule has 0 spiro atoms. The quantitative estimate of drug-likeness (QED) is 0.636. The molecule has 1 atom stereocenters. The Kier molecular flexibility index (Phi) is 5.82. The summed E-state index contributed by atoms with van der Waals surface area (Å²) in [6.07, 6.45) is 3.17. The number of hydrogen-bond donors (Lipinski definition) is 0. The van der Waals surface area contributed by atoms with Crippen molar-refractivity contribution in [1.82, 2.24) is 0 Å². The summed E-state index contributed by atoms with van der Waals surface area (Å²) in [5, 5.41) is 0. The second-order valence-corrected chi connectivity index (χ2v) is 4.81. The van der Waals surface area contributed by atoms with E-state index in [-0.39, 0.29) is 17.3 Å². The zero-order valence-corrected chi connectivity index (χ0v) is 10.2. The van der Waals surface area contributed by atoms with Gasteiger partial charge in [0.05, 0.1) is 12.5 Å². The van der Waals surface area contributed by atoms with Crippen molar-refractivity contribution >= 4 is 5.97 Å². The van der Waals surface area contributed by atoms with E-state index >= 15 is 0 Å². The number of unbranched alkanes of at least 4 members (excludes halogenated alkanes) is 1. The number of rotatable bonds is 5. The van der Waals surface area contributed by atoms with E-state index < -0.39 is 0 Å². The predicted molar refractivity (Wildman–Crippen MR) is 59.1 cm³/mol. The highest BCUT2D eigenvalue weighted by atomic mass is 16.5. The Morgan fingerprint density at radius 1 is 1.29 bits per heavy atom. The van der Waals surface area contributed by atoms with Gasteiger partial charge in [-0.15, -0.1) is 0 Å². The fourth-order valence-corrected chi connectivity index (χ4v) is 1.56. The number of carbonyl (C=O) groups is 1. The first-order valence-electron chi connectivity index (χ1n) is 5.60.